The summed E-state index contributed by atoms with van der Waals surface area (Å²) in [5.74, 6) is -1.19. The number of phenolic OH excluding ortho intramolecular Hbond substituents is 1. The number of ether oxygens (including phenoxy) is 2. The van der Waals surface area contributed by atoms with E-state index in [1.165, 1.54) is 4.90 Å². The molecule has 62 heavy (non-hydrogen) atoms. The van der Waals surface area contributed by atoms with Crippen molar-refractivity contribution in [3.63, 3.8) is 0 Å². The number of β-amino-alcohol motifs (C(OH)–C–C–N with tert-alkyl or cyclic N) is 1. The number of thiazole rings is 1. The average Bonchev–Trinajstić information content (AvgIpc) is 3.87. The van der Waals surface area contributed by atoms with E-state index < -0.39 is 35.4 Å². The first-order valence-corrected chi connectivity index (χ1v) is 21.7. The Morgan fingerprint density at radius 1 is 0.968 bits per heavy atom. The Labute approximate surface area is 365 Å². The molecule has 0 unspecified atom stereocenters. The standard InChI is InChI=1S/C44H57N9O8S/c1-27-38(62-26-48-27)29-11-9-28(10-12-29)23-47-42(58)35-21-31(54)24-53(35)43(59)39(44(2,3)4)49-37(56)25-61-20-19-60-18-15-46-41(57)30-13-16-52(17-14-30)34-22-33(50-51-40(34)45)32-7-5-6-8-36(32)55/h5-12,22,26,30-31,35,39,54-55H,13-21,23-25H2,1-4H3,(H2,45,51)(H,46,57)(H,47,58)(H,49,56)/t31-,35+,39-/m1/s1. The molecule has 332 valence electrons. The van der Waals surface area contributed by atoms with Gasteiger partial charge in [-0.25, -0.2) is 4.98 Å². The number of phenols is 1. The van der Waals surface area contributed by atoms with Crippen molar-refractivity contribution in [3.8, 4) is 27.4 Å². The van der Waals surface area contributed by atoms with E-state index in [-0.39, 0.29) is 75.2 Å². The zero-order valence-corrected chi connectivity index (χ0v) is 36.5. The number of anilines is 2. The van der Waals surface area contributed by atoms with Crippen molar-refractivity contribution in [1.82, 2.24) is 36.0 Å². The fourth-order valence-electron chi connectivity index (χ4n) is 7.61. The number of aliphatic hydroxyl groups excluding tert-OH is 1. The van der Waals surface area contributed by atoms with Crippen molar-refractivity contribution in [1.29, 1.82) is 0 Å². The van der Waals surface area contributed by atoms with E-state index >= 15 is 0 Å². The van der Waals surface area contributed by atoms with Gasteiger partial charge in [0.25, 0.3) is 0 Å². The molecule has 2 fully saturated rings. The number of benzene rings is 2. The predicted octanol–water partition coefficient (Wildman–Crippen LogP) is 3.04. The molecule has 4 amide bonds. The van der Waals surface area contributed by atoms with Crippen LogP contribution in [0, 0.1) is 18.3 Å². The zero-order chi connectivity index (χ0) is 44.4. The molecule has 17 nitrogen and oxygen atoms in total. The first-order chi connectivity index (χ1) is 29.7. The number of amides is 4. The predicted molar refractivity (Wildman–Crippen MR) is 235 cm³/mol. The number of carbonyl (C=O) groups excluding carboxylic acids is 4. The van der Waals surface area contributed by atoms with Crippen LogP contribution in [0.25, 0.3) is 21.7 Å². The second-order valence-corrected chi connectivity index (χ2v) is 17.5. The van der Waals surface area contributed by atoms with Gasteiger partial charge >= 0.3 is 0 Å². The van der Waals surface area contributed by atoms with Crippen LogP contribution >= 0.6 is 11.3 Å². The second-order valence-electron chi connectivity index (χ2n) is 16.7. The molecule has 18 heteroatoms. The minimum absolute atomic E-state index is 0.0285. The van der Waals surface area contributed by atoms with Gasteiger partial charge in [-0.3, -0.25) is 19.2 Å². The highest BCUT2D eigenvalue weighted by Gasteiger charge is 2.44. The summed E-state index contributed by atoms with van der Waals surface area (Å²) in [6.07, 6.45) is 0.452. The maximum atomic E-state index is 13.9. The Bertz CT molecular complexity index is 2170. The Morgan fingerprint density at radius 3 is 2.39 bits per heavy atom. The van der Waals surface area contributed by atoms with E-state index in [1.807, 2.05) is 64.1 Å². The zero-order valence-electron chi connectivity index (χ0n) is 35.6. The normalized spacial score (nSPS) is 17.4. The number of aliphatic hydroxyl groups is 1. The van der Waals surface area contributed by atoms with Crippen molar-refractivity contribution < 1.29 is 38.9 Å². The summed E-state index contributed by atoms with van der Waals surface area (Å²) in [4.78, 5) is 62.0. The lowest BCUT2D eigenvalue weighted by Crippen LogP contribution is -2.58. The molecule has 2 aromatic carbocycles. The number of likely N-dealkylation sites (tertiary alicyclic amines) is 1. The number of rotatable bonds is 17. The molecule has 3 atom stereocenters. The fourth-order valence-corrected chi connectivity index (χ4v) is 8.42. The lowest BCUT2D eigenvalue weighted by atomic mass is 9.85. The Kier molecular flexibility index (Phi) is 15.5. The third kappa shape index (κ3) is 11.8. The van der Waals surface area contributed by atoms with E-state index in [1.54, 1.807) is 35.0 Å². The van der Waals surface area contributed by atoms with E-state index in [9.17, 15) is 29.4 Å². The van der Waals surface area contributed by atoms with Gasteiger partial charge in [-0.05, 0) is 54.5 Å². The van der Waals surface area contributed by atoms with Crippen LogP contribution in [0.15, 0.2) is 60.1 Å². The number of para-hydroxylation sites is 1. The van der Waals surface area contributed by atoms with Gasteiger partial charge in [0, 0.05) is 50.6 Å². The molecule has 2 saturated heterocycles. The Morgan fingerprint density at radius 2 is 1.69 bits per heavy atom. The van der Waals surface area contributed by atoms with Crippen LogP contribution in [0.1, 0.15) is 51.3 Å². The van der Waals surface area contributed by atoms with Gasteiger partial charge in [-0.15, -0.1) is 21.5 Å². The lowest BCUT2D eigenvalue weighted by Gasteiger charge is -2.35. The second kappa shape index (κ2) is 20.9. The number of piperidine rings is 1. The average molecular weight is 872 g/mol. The number of hydrogen-bond donors (Lipinski definition) is 6. The van der Waals surface area contributed by atoms with Gasteiger partial charge in [0.2, 0.25) is 23.6 Å². The van der Waals surface area contributed by atoms with Crippen LogP contribution < -0.4 is 26.6 Å². The topological polar surface area (TPSA) is 234 Å². The number of nitrogen functional groups attached to an aromatic ring is 1. The minimum Gasteiger partial charge on any atom is -0.507 e. The first-order valence-electron chi connectivity index (χ1n) is 20.8. The monoisotopic (exact) mass is 871 g/mol. The first kappa shape index (κ1) is 45.8. The number of aryl methyl sites for hydroxylation is 1. The number of aromatic nitrogens is 3. The maximum Gasteiger partial charge on any atom is 0.246 e. The molecule has 2 aliphatic heterocycles. The van der Waals surface area contributed by atoms with E-state index in [4.69, 9.17) is 15.2 Å². The summed E-state index contributed by atoms with van der Waals surface area (Å²) in [6, 6.07) is 14.7. The fraction of sp³-hybridized carbons (Fsp3) is 0.477. The molecule has 0 aliphatic carbocycles. The van der Waals surface area contributed by atoms with Gasteiger partial charge in [0.1, 0.15) is 24.4 Å². The molecule has 2 aromatic heterocycles. The lowest BCUT2D eigenvalue weighted by molar-refractivity contribution is -0.144. The van der Waals surface area contributed by atoms with Crippen molar-refractivity contribution in [2.24, 2.45) is 11.3 Å². The van der Waals surface area contributed by atoms with Crippen LogP contribution in [0.3, 0.4) is 0 Å². The third-order valence-electron chi connectivity index (χ3n) is 11.0. The largest absolute Gasteiger partial charge is 0.507 e. The van der Waals surface area contributed by atoms with E-state index in [0.29, 0.717) is 49.4 Å². The summed E-state index contributed by atoms with van der Waals surface area (Å²) in [6.45, 7) is 9.38. The minimum atomic E-state index is -0.984. The molecular weight excluding hydrogens is 815 g/mol. The Balaban J connectivity index is 0.872. The van der Waals surface area contributed by atoms with Crippen molar-refractivity contribution in [2.75, 3.05) is 63.2 Å². The Hall–Kier alpha value is -5.69. The molecule has 7 N–H and O–H groups in total. The van der Waals surface area contributed by atoms with E-state index in [2.05, 4.69) is 36.0 Å². The summed E-state index contributed by atoms with van der Waals surface area (Å²) in [7, 11) is 0. The SMILES string of the molecule is Cc1ncsc1-c1ccc(CNC(=O)[C@@H]2C[C@@H](O)CN2C(=O)[C@@H](NC(=O)COCCOCCNC(=O)C2CCN(c3cc(-c4ccccc4O)nnc3N)CC2)C(C)(C)C)cc1. The summed E-state index contributed by atoms with van der Waals surface area (Å²) in [5.41, 5.74) is 11.9. The highest BCUT2D eigenvalue weighted by molar-refractivity contribution is 7.13. The number of carbonyl (C=O) groups is 4. The van der Waals surface area contributed by atoms with Crippen LogP contribution in [-0.2, 0) is 35.2 Å². The molecule has 4 aromatic rings. The van der Waals surface area contributed by atoms with Gasteiger partial charge < -0.3 is 51.2 Å². The van der Waals surface area contributed by atoms with Crippen molar-refractivity contribution in [2.45, 2.75) is 71.7 Å². The quantitative estimate of drug-likeness (QED) is 0.0839. The number of hydrogen-bond acceptors (Lipinski definition) is 14. The summed E-state index contributed by atoms with van der Waals surface area (Å²) < 4.78 is 11.1. The van der Waals surface area contributed by atoms with Gasteiger partial charge in [-0.1, -0.05) is 57.2 Å². The number of aromatic hydroxyl groups is 1. The molecular formula is C44H57N9O8S. The summed E-state index contributed by atoms with van der Waals surface area (Å²) in [5, 5.41) is 37.7. The molecule has 0 bridgehead atoms. The van der Waals surface area contributed by atoms with Crippen LogP contribution in [0.4, 0.5) is 11.5 Å². The van der Waals surface area contributed by atoms with Crippen LogP contribution in [0.5, 0.6) is 5.75 Å². The molecule has 0 radical (unpaired) electrons. The van der Waals surface area contributed by atoms with Gasteiger partial charge in [-0.2, -0.15) is 0 Å². The summed E-state index contributed by atoms with van der Waals surface area (Å²) >= 11 is 1.57. The van der Waals surface area contributed by atoms with Crippen molar-refractivity contribution >= 4 is 46.5 Å². The van der Waals surface area contributed by atoms with Crippen LogP contribution in [0.2, 0.25) is 0 Å². The van der Waals surface area contributed by atoms with Crippen LogP contribution in [-0.4, -0.2) is 125 Å². The third-order valence-corrected chi connectivity index (χ3v) is 12.0. The molecule has 2 aliphatic rings. The van der Waals surface area contributed by atoms with E-state index in [0.717, 1.165) is 21.7 Å². The maximum absolute atomic E-state index is 13.9. The smallest absolute Gasteiger partial charge is 0.246 e. The molecule has 6 rings (SSSR count). The highest BCUT2D eigenvalue weighted by atomic mass is 32.1. The van der Waals surface area contributed by atoms with Gasteiger partial charge in [0.05, 0.1) is 53.4 Å². The molecule has 0 saturated carbocycles. The number of nitrogens with two attached hydrogens (primary N) is 1. The highest BCUT2D eigenvalue weighted by Crippen LogP contribution is 2.33. The number of nitrogens with zero attached hydrogens (tertiary/aromatic N) is 5. The van der Waals surface area contributed by atoms with Crippen molar-refractivity contribution in [3.05, 3.63) is 71.4 Å². The molecule has 4 heterocycles. The van der Waals surface area contributed by atoms with Gasteiger partial charge in [0.15, 0.2) is 5.82 Å². The molecule has 0 spiro atoms. The number of nitrogens with one attached hydrogen (secondary N) is 3.